The fourth-order valence-electron chi connectivity index (χ4n) is 4.25. The molecule has 7 nitrogen and oxygen atoms in total. The monoisotopic (exact) mass is 463 g/mol. The summed E-state index contributed by atoms with van der Waals surface area (Å²) in [4.78, 5) is 25.5. The van der Waals surface area contributed by atoms with Crippen molar-refractivity contribution in [1.82, 2.24) is 4.90 Å². The minimum Gasteiger partial charge on any atom is -0.492 e. The molecule has 2 rings (SSSR count). The molecule has 0 heterocycles. The quantitative estimate of drug-likeness (QED) is 0.380. The summed E-state index contributed by atoms with van der Waals surface area (Å²) in [5, 5.41) is 9.23. The lowest BCUT2D eigenvalue weighted by Gasteiger charge is -2.25. The second-order valence-corrected chi connectivity index (χ2v) is 8.73. The van der Waals surface area contributed by atoms with Crippen LogP contribution in [0.25, 0.3) is 0 Å². The third-order valence-corrected chi connectivity index (χ3v) is 6.07. The van der Waals surface area contributed by atoms with Gasteiger partial charge in [-0.1, -0.05) is 51.2 Å². The number of carboxylic acids is 1. The van der Waals surface area contributed by atoms with Crippen LogP contribution in [0.2, 0.25) is 0 Å². The van der Waals surface area contributed by atoms with Crippen LogP contribution in [-0.4, -0.2) is 61.1 Å². The van der Waals surface area contributed by atoms with Crippen molar-refractivity contribution in [1.29, 1.82) is 0 Å². The minimum atomic E-state index is -0.962. The van der Waals surface area contributed by atoms with Crippen molar-refractivity contribution in [2.24, 2.45) is 5.92 Å². The van der Waals surface area contributed by atoms with Crippen LogP contribution in [0.5, 0.6) is 5.75 Å². The number of hydrogen-bond acceptors (Lipinski definition) is 5. The first-order valence-corrected chi connectivity index (χ1v) is 12.5. The van der Waals surface area contributed by atoms with Crippen molar-refractivity contribution in [2.75, 3.05) is 32.9 Å². The SMILES string of the molecule is CCCOC(=O)N(CCCC1CCCCC1)CCOc1ccc(CC(OCC)C(=O)O)cc1. The van der Waals surface area contributed by atoms with Crippen molar-refractivity contribution in [3.05, 3.63) is 29.8 Å². The molecule has 1 unspecified atom stereocenters. The molecule has 1 aliphatic carbocycles. The van der Waals surface area contributed by atoms with E-state index in [0.717, 1.165) is 24.3 Å². The summed E-state index contributed by atoms with van der Waals surface area (Å²) in [7, 11) is 0. The first kappa shape index (κ1) is 27.0. The fraction of sp³-hybridized carbons (Fsp3) is 0.692. The van der Waals surface area contributed by atoms with Gasteiger partial charge in [-0.05, 0) is 49.8 Å². The molecule has 0 bridgehead atoms. The molecule has 1 amide bonds. The average molecular weight is 464 g/mol. The zero-order valence-electron chi connectivity index (χ0n) is 20.3. The molecule has 1 aromatic carbocycles. The number of aliphatic carboxylic acids is 1. The summed E-state index contributed by atoms with van der Waals surface area (Å²) in [6.07, 6.45) is 8.81. The van der Waals surface area contributed by atoms with E-state index in [1.807, 2.05) is 31.2 Å². The van der Waals surface area contributed by atoms with Crippen molar-refractivity contribution < 1.29 is 28.9 Å². The number of carbonyl (C=O) groups is 2. The zero-order chi connectivity index (χ0) is 23.9. The van der Waals surface area contributed by atoms with Crippen LogP contribution in [0.4, 0.5) is 4.79 Å². The number of hydrogen-bond donors (Lipinski definition) is 1. The molecule has 0 aromatic heterocycles. The Balaban J connectivity index is 1.80. The van der Waals surface area contributed by atoms with E-state index in [2.05, 4.69) is 0 Å². The van der Waals surface area contributed by atoms with Crippen LogP contribution in [-0.2, 0) is 20.7 Å². The van der Waals surface area contributed by atoms with Gasteiger partial charge in [-0.3, -0.25) is 0 Å². The Morgan fingerprint density at radius 2 is 1.79 bits per heavy atom. The van der Waals surface area contributed by atoms with Gasteiger partial charge in [0.05, 0.1) is 13.2 Å². The van der Waals surface area contributed by atoms with Gasteiger partial charge in [0, 0.05) is 19.6 Å². The minimum absolute atomic E-state index is 0.268. The highest BCUT2D eigenvalue weighted by molar-refractivity contribution is 5.72. The molecule has 0 radical (unpaired) electrons. The summed E-state index contributed by atoms with van der Waals surface area (Å²) in [5.41, 5.74) is 0.871. The van der Waals surface area contributed by atoms with Gasteiger partial charge in [-0.15, -0.1) is 0 Å². The number of nitrogens with zero attached hydrogens (tertiary/aromatic N) is 1. The summed E-state index contributed by atoms with van der Waals surface area (Å²) in [5.74, 6) is 0.521. The fourth-order valence-corrected chi connectivity index (χ4v) is 4.25. The number of ether oxygens (including phenoxy) is 3. The van der Waals surface area contributed by atoms with Crippen LogP contribution in [0.3, 0.4) is 0 Å². The van der Waals surface area contributed by atoms with Crippen LogP contribution in [0.15, 0.2) is 24.3 Å². The van der Waals surface area contributed by atoms with Gasteiger partial charge < -0.3 is 24.2 Å². The van der Waals surface area contributed by atoms with Crippen LogP contribution < -0.4 is 4.74 Å². The number of carboxylic acid groups (broad SMARTS) is 1. The second kappa shape index (κ2) is 15.5. The maximum absolute atomic E-state index is 12.5. The predicted octanol–water partition coefficient (Wildman–Crippen LogP) is 5.31. The number of amides is 1. The molecule has 0 saturated heterocycles. The van der Waals surface area contributed by atoms with Gasteiger partial charge in [-0.2, -0.15) is 0 Å². The first-order chi connectivity index (χ1) is 16.0. The number of rotatable bonds is 15. The van der Waals surface area contributed by atoms with E-state index in [1.54, 1.807) is 11.8 Å². The van der Waals surface area contributed by atoms with Gasteiger partial charge in [-0.25, -0.2) is 9.59 Å². The Morgan fingerprint density at radius 1 is 1.06 bits per heavy atom. The summed E-state index contributed by atoms with van der Waals surface area (Å²) >= 11 is 0. The molecule has 1 aromatic rings. The van der Waals surface area contributed by atoms with E-state index in [0.29, 0.717) is 45.1 Å². The zero-order valence-corrected chi connectivity index (χ0v) is 20.3. The van der Waals surface area contributed by atoms with E-state index in [-0.39, 0.29) is 6.09 Å². The topological polar surface area (TPSA) is 85.3 Å². The van der Waals surface area contributed by atoms with Crippen LogP contribution in [0.1, 0.15) is 70.8 Å². The van der Waals surface area contributed by atoms with Gasteiger partial charge in [0.2, 0.25) is 0 Å². The Morgan fingerprint density at radius 3 is 2.42 bits per heavy atom. The van der Waals surface area contributed by atoms with E-state index >= 15 is 0 Å². The third kappa shape index (κ3) is 10.5. The largest absolute Gasteiger partial charge is 0.492 e. The maximum atomic E-state index is 12.5. The van der Waals surface area contributed by atoms with Crippen molar-refractivity contribution in [2.45, 2.75) is 77.7 Å². The molecule has 1 fully saturated rings. The molecule has 7 heteroatoms. The molecular weight excluding hydrogens is 422 g/mol. The molecule has 1 N–H and O–H groups in total. The van der Waals surface area contributed by atoms with Crippen molar-refractivity contribution in [3.8, 4) is 5.75 Å². The lowest BCUT2D eigenvalue weighted by molar-refractivity contribution is -0.149. The molecule has 1 atom stereocenters. The van der Waals surface area contributed by atoms with E-state index in [1.165, 1.54) is 38.5 Å². The van der Waals surface area contributed by atoms with Crippen molar-refractivity contribution >= 4 is 12.1 Å². The molecule has 1 aliphatic rings. The van der Waals surface area contributed by atoms with E-state index < -0.39 is 12.1 Å². The van der Waals surface area contributed by atoms with Crippen LogP contribution in [0, 0.1) is 5.92 Å². The van der Waals surface area contributed by atoms with Crippen LogP contribution >= 0.6 is 0 Å². The normalized spacial score (nSPS) is 15.1. The molecule has 1 saturated carbocycles. The standard InChI is InChI=1S/C26H41NO6/c1-3-18-33-26(30)27(16-8-11-21-9-6-5-7-10-21)17-19-32-23-14-12-22(13-15-23)20-24(25(28)29)31-4-2/h12-15,21,24H,3-11,16-20H2,1-2H3,(H,28,29). The molecular formula is C26H41NO6. The summed E-state index contributed by atoms with van der Waals surface area (Å²) in [6.45, 7) is 6.09. The first-order valence-electron chi connectivity index (χ1n) is 12.5. The van der Waals surface area contributed by atoms with Gasteiger partial charge in [0.25, 0.3) is 0 Å². The summed E-state index contributed by atoms with van der Waals surface area (Å²) in [6, 6.07) is 7.34. The Bertz CT molecular complexity index is 687. The van der Waals surface area contributed by atoms with E-state index in [9.17, 15) is 14.7 Å². The Kier molecular flexibility index (Phi) is 12.7. The van der Waals surface area contributed by atoms with Gasteiger partial charge in [0.15, 0.2) is 6.10 Å². The third-order valence-electron chi connectivity index (χ3n) is 6.07. The van der Waals surface area contributed by atoms with Crippen molar-refractivity contribution in [3.63, 3.8) is 0 Å². The lowest BCUT2D eigenvalue weighted by Crippen LogP contribution is -2.36. The molecule has 0 spiro atoms. The maximum Gasteiger partial charge on any atom is 0.409 e. The lowest BCUT2D eigenvalue weighted by atomic mass is 9.86. The highest BCUT2D eigenvalue weighted by atomic mass is 16.6. The van der Waals surface area contributed by atoms with Gasteiger partial charge >= 0.3 is 12.1 Å². The number of benzene rings is 1. The van der Waals surface area contributed by atoms with E-state index in [4.69, 9.17) is 14.2 Å². The molecule has 186 valence electrons. The molecule has 33 heavy (non-hydrogen) atoms. The number of carbonyl (C=O) groups excluding carboxylic acids is 1. The summed E-state index contributed by atoms with van der Waals surface area (Å²) < 4.78 is 16.5. The average Bonchev–Trinajstić information content (AvgIpc) is 2.83. The highest BCUT2D eigenvalue weighted by Gasteiger charge is 2.19. The predicted molar refractivity (Wildman–Crippen MR) is 128 cm³/mol. The Labute approximate surface area is 198 Å². The second-order valence-electron chi connectivity index (χ2n) is 8.73. The highest BCUT2D eigenvalue weighted by Crippen LogP contribution is 2.27. The Hall–Kier alpha value is -2.28. The van der Waals surface area contributed by atoms with Gasteiger partial charge in [0.1, 0.15) is 12.4 Å². The molecule has 0 aliphatic heterocycles. The smallest absolute Gasteiger partial charge is 0.409 e.